The molecule has 1 aliphatic carbocycles. The van der Waals surface area contributed by atoms with Gasteiger partial charge in [-0.3, -0.25) is 43.1 Å². The molecule has 0 saturated carbocycles. The van der Waals surface area contributed by atoms with E-state index >= 15 is 0 Å². The van der Waals surface area contributed by atoms with Crippen LogP contribution in [0.2, 0.25) is 0 Å². The van der Waals surface area contributed by atoms with Crippen molar-refractivity contribution in [3.05, 3.63) is 133 Å². The van der Waals surface area contributed by atoms with Gasteiger partial charge >= 0.3 is 5.69 Å². The van der Waals surface area contributed by atoms with Crippen LogP contribution in [0.4, 0.5) is 5.69 Å². The van der Waals surface area contributed by atoms with Crippen LogP contribution in [0.25, 0.3) is 33.4 Å². The number of rotatable bonds is 33. The van der Waals surface area contributed by atoms with Gasteiger partial charge in [-0.15, -0.1) is 0 Å². The zero-order chi connectivity index (χ0) is 68.1. The van der Waals surface area contributed by atoms with E-state index in [0.29, 0.717) is 54.3 Å². The number of aromatic amines is 1. The zero-order valence-electron chi connectivity index (χ0n) is 54.6. The molecule has 94 heavy (non-hydrogen) atoms. The van der Waals surface area contributed by atoms with Crippen LogP contribution >= 0.6 is 29.4 Å². The molecule has 0 bridgehead atoms. The maximum atomic E-state index is 14.3. The largest absolute Gasteiger partial charge is 0.756 e. The van der Waals surface area contributed by atoms with Crippen LogP contribution in [0.15, 0.2) is 98.0 Å². The second-order valence-corrected chi connectivity index (χ2v) is 27.2. The molecule has 25 nitrogen and oxygen atoms in total. The van der Waals surface area contributed by atoms with E-state index in [1.54, 1.807) is 60.9 Å². The summed E-state index contributed by atoms with van der Waals surface area (Å²) in [6.07, 6.45) is -1.89. The number of hydrogen-bond acceptors (Lipinski definition) is 20. The van der Waals surface area contributed by atoms with Crippen LogP contribution in [-0.4, -0.2) is 158 Å². The van der Waals surface area contributed by atoms with Gasteiger partial charge in [0.25, 0.3) is 25.2 Å². The van der Waals surface area contributed by atoms with Crippen LogP contribution in [0, 0.1) is 25.7 Å². The minimum atomic E-state index is -5.11. The number of fused-ring (bicyclic) bond motifs is 2. The van der Waals surface area contributed by atoms with E-state index in [1.165, 1.54) is 17.0 Å². The van der Waals surface area contributed by atoms with E-state index in [0.717, 1.165) is 55.4 Å². The van der Waals surface area contributed by atoms with E-state index in [4.69, 9.17) is 42.7 Å². The number of anilines is 1. The number of H-pyrrole nitrogens is 1. The lowest BCUT2D eigenvalue weighted by Gasteiger charge is -2.24. The second kappa shape index (κ2) is 35.4. The summed E-state index contributed by atoms with van der Waals surface area (Å²) in [5, 5.41) is 13.4. The standard InChI is InChI=1S/C66H85N8O17PS2/c1-11-67-51-34-53-49(31-41(51)4)61(50-32-42(5)52(68-12-2)35-54(50)90-53)47-22-14-15-23-48(47)64(79)73(10)28-18-24-57(75)70-26-27-71-62(77)44-19-16-21-46(33-44)87-40-60(93-94-66(7,8)9)86-30-29-84-39-58(76)69-25-17-20-45-37-74(65(80)72-63(45)78)59-36-55(89-43(6)85-13-3)56(91-59)38-88-92(81,82)83/h14-16,19,21-23,31-35,37,43,55-56,59-60,67H,11-13,18,24-30,36,38-40H2,1-10H3,(H,69,76)(H,70,75)(H,71,77)(H,72,78,80)(H2,81,82,83)/p-1/t43-,55?,56+,59+,60?/m0/s1. The van der Waals surface area contributed by atoms with Crippen LogP contribution in [-0.2, 0) is 42.4 Å². The highest BCUT2D eigenvalue weighted by molar-refractivity contribution is 8.77. The Labute approximate surface area is 554 Å². The van der Waals surface area contributed by atoms with Crippen molar-refractivity contribution >= 4 is 69.7 Å². The number of nitrogens with zero attached hydrogens (tertiary/aromatic N) is 3. The lowest BCUT2D eigenvalue weighted by Crippen LogP contribution is -2.35. The molecule has 1 aromatic heterocycles. The van der Waals surface area contributed by atoms with Crippen molar-refractivity contribution in [2.75, 3.05) is 91.3 Å². The molecule has 28 heteroatoms. The number of ether oxygens (including phenoxy) is 6. The van der Waals surface area contributed by atoms with E-state index in [-0.39, 0.29) is 86.9 Å². The molecule has 6 N–H and O–H groups in total. The molecule has 1 saturated heterocycles. The summed E-state index contributed by atoms with van der Waals surface area (Å²) in [4.78, 5) is 108. The first-order valence-electron chi connectivity index (χ1n) is 31.0. The lowest BCUT2D eigenvalue weighted by molar-refractivity contribution is -0.224. The van der Waals surface area contributed by atoms with Gasteiger partial charge in [0.2, 0.25) is 11.8 Å². The third-order valence-corrected chi connectivity index (χ3v) is 18.4. The SMILES string of the molecule is CCN=c1cc2oc3cc(NCC)c(C)cc3c(-c3ccccc3C(=O)N(C)CCCC(=O)NCCNC(=O)c3cccc(OCC(OCCOCC(=O)NCC#Cc4cn([C@H]5CC(O[C@@H](C)OCC)[C@@H](COP(=O)([O-])O)O5)c(=O)[nH]c4=O)SSC(C)(C)C)c3)c-2cc1C. The Kier molecular flexibility index (Phi) is 27.9. The first-order chi connectivity index (χ1) is 44.8. The number of aryl methyl sites for hydroxylation is 2. The highest BCUT2D eigenvalue weighted by Gasteiger charge is 2.39. The van der Waals surface area contributed by atoms with Crippen LogP contribution in [0.3, 0.4) is 0 Å². The Morgan fingerprint density at radius 2 is 1.73 bits per heavy atom. The number of amides is 4. The molecule has 0 spiro atoms. The van der Waals surface area contributed by atoms with Crippen molar-refractivity contribution < 1.29 is 70.9 Å². The fourth-order valence-electron chi connectivity index (χ4n) is 10.0. The Balaban J connectivity index is 0.829. The zero-order valence-corrected chi connectivity index (χ0v) is 57.1. The van der Waals surface area contributed by atoms with Gasteiger partial charge < -0.3 is 73.3 Å². The Hall–Kier alpha value is -7.32. The number of hydrogen-bond donors (Lipinski definition) is 6. The lowest BCUT2D eigenvalue weighted by atomic mass is 9.89. The van der Waals surface area contributed by atoms with E-state index < -0.39 is 61.7 Å². The van der Waals surface area contributed by atoms with Gasteiger partial charge in [-0.1, -0.05) is 78.5 Å². The molecule has 2 aliphatic heterocycles. The van der Waals surface area contributed by atoms with Crippen molar-refractivity contribution in [2.24, 2.45) is 4.99 Å². The van der Waals surface area contributed by atoms with E-state index in [2.05, 4.69) is 82.4 Å². The summed E-state index contributed by atoms with van der Waals surface area (Å²) in [5.74, 6) is 5.13. The molecule has 4 amide bonds. The Morgan fingerprint density at radius 3 is 2.48 bits per heavy atom. The van der Waals surface area contributed by atoms with Gasteiger partial charge in [-0.25, -0.2) is 4.79 Å². The fourth-order valence-corrected chi connectivity index (χ4v) is 12.5. The van der Waals surface area contributed by atoms with Crippen molar-refractivity contribution in [3.8, 4) is 40.0 Å². The highest BCUT2D eigenvalue weighted by atomic mass is 33.1. The smallest absolute Gasteiger partial charge is 0.330 e. The maximum absolute atomic E-state index is 14.3. The maximum Gasteiger partial charge on any atom is 0.330 e. The van der Waals surface area contributed by atoms with Gasteiger partial charge in [-0.2, -0.15) is 0 Å². The predicted molar refractivity (Wildman–Crippen MR) is 358 cm³/mol. The summed E-state index contributed by atoms with van der Waals surface area (Å²) in [5.41, 5.74) is 4.85. The first kappa shape index (κ1) is 74.1. The molecule has 3 heterocycles. The van der Waals surface area contributed by atoms with Gasteiger partial charge in [0, 0.05) is 116 Å². The second-order valence-electron chi connectivity index (χ2n) is 22.9. The molecule has 3 unspecified atom stereocenters. The van der Waals surface area contributed by atoms with E-state index in [1.807, 2.05) is 57.2 Å². The van der Waals surface area contributed by atoms with Crippen molar-refractivity contribution in [1.29, 1.82) is 0 Å². The minimum absolute atomic E-state index is 0.0169. The average molecular weight is 1360 g/mol. The molecule has 1 fully saturated rings. The van der Waals surface area contributed by atoms with Gasteiger partial charge in [-0.05, 0) is 101 Å². The minimum Gasteiger partial charge on any atom is -0.756 e. The Morgan fingerprint density at radius 1 is 0.957 bits per heavy atom. The molecule has 3 aliphatic rings. The molecule has 4 aromatic rings. The molecular formula is C66H84N8O17PS2-. The number of carbonyl (C=O) groups is 4. The van der Waals surface area contributed by atoms with Crippen molar-refractivity contribution in [3.63, 3.8) is 0 Å². The fraction of sp³-hybridized carbons (Fsp3) is 0.470. The van der Waals surface area contributed by atoms with Crippen molar-refractivity contribution in [1.82, 2.24) is 30.4 Å². The number of phosphoric acid groups is 1. The van der Waals surface area contributed by atoms with Crippen LogP contribution in [0.1, 0.15) is 111 Å². The third kappa shape index (κ3) is 22.1. The molecular weight excluding hydrogens is 1270 g/mol. The summed E-state index contributed by atoms with van der Waals surface area (Å²) >= 11 is 0. The van der Waals surface area contributed by atoms with Gasteiger partial charge in [0.05, 0.1) is 37.8 Å². The molecule has 508 valence electrons. The molecule has 7 rings (SSSR count). The summed E-state index contributed by atoms with van der Waals surface area (Å²) in [7, 11) is -0.321. The number of benzene rings is 4. The number of nitrogens with one attached hydrogen (secondary N) is 5. The summed E-state index contributed by atoms with van der Waals surface area (Å²) in [6, 6.07) is 22.4. The number of carbonyl (C=O) groups excluding carboxylic acids is 4. The van der Waals surface area contributed by atoms with Crippen molar-refractivity contribution in [2.45, 2.75) is 116 Å². The molecule has 6 atom stereocenters. The number of aromatic nitrogens is 2. The van der Waals surface area contributed by atoms with Crippen LogP contribution < -0.4 is 47.5 Å². The molecule has 3 aromatic carbocycles. The first-order valence-corrected chi connectivity index (χ1v) is 34.7. The monoisotopic (exact) mass is 1360 g/mol. The topological polar surface area (TPSA) is 325 Å². The van der Waals surface area contributed by atoms with Crippen LogP contribution in [0.5, 0.6) is 5.75 Å². The predicted octanol–water partition coefficient (Wildman–Crippen LogP) is 7.04. The van der Waals surface area contributed by atoms with Gasteiger partial charge in [0.15, 0.2) is 6.29 Å². The summed E-state index contributed by atoms with van der Waals surface area (Å²) < 4.78 is 58.2. The van der Waals surface area contributed by atoms with Gasteiger partial charge in [0.1, 0.15) is 53.6 Å². The molecule has 0 radical (unpaired) electrons. The number of phosphoric ester groups is 1. The quantitative estimate of drug-likeness (QED) is 0.00601. The third-order valence-electron chi connectivity index (χ3n) is 14.4. The highest BCUT2D eigenvalue weighted by Crippen LogP contribution is 2.44. The van der Waals surface area contributed by atoms with E-state index in [9.17, 15) is 38.2 Å². The summed E-state index contributed by atoms with van der Waals surface area (Å²) in [6.45, 7) is 19.2. The average Bonchev–Trinajstić information content (AvgIpc) is 0.897. The normalized spacial score (nSPS) is 16.2. The Bertz CT molecular complexity index is 3870.